The van der Waals surface area contributed by atoms with E-state index >= 15 is 0 Å². The molecule has 116 valence electrons. The summed E-state index contributed by atoms with van der Waals surface area (Å²) in [5.74, 6) is -0.0400. The molecular weight excluding hydrogens is 400 g/mol. The highest BCUT2D eigenvalue weighted by atomic mass is 79.9. The Hall–Kier alpha value is -0.430. The van der Waals surface area contributed by atoms with Gasteiger partial charge in [-0.05, 0) is 76.2 Å². The normalized spacial score (nSPS) is 18.5. The number of piperidine rings is 1. The van der Waals surface area contributed by atoms with Crippen molar-refractivity contribution in [2.75, 3.05) is 25.0 Å². The lowest BCUT2D eigenvalue weighted by Crippen LogP contribution is -2.45. The maximum atomic E-state index is 12.2. The van der Waals surface area contributed by atoms with Gasteiger partial charge < -0.3 is 10.4 Å². The number of carbonyl (C=O) groups excluding carboxylic acids is 1. The van der Waals surface area contributed by atoms with Crippen LogP contribution < -0.4 is 5.32 Å². The fourth-order valence-electron chi connectivity index (χ4n) is 2.39. The molecule has 0 radical (unpaired) electrons. The second-order valence-corrected chi connectivity index (χ2v) is 7.63. The van der Waals surface area contributed by atoms with Crippen LogP contribution in [0.4, 0.5) is 5.69 Å². The Balaban J connectivity index is 1.94. The number of likely N-dealkylation sites (tertiary alicyclic amines) is 1. The number of hydrogen-bond acceptors (Lipinski definition) is 3. The number of nitrogens with zero attached hydrogens (tertiary/aromatic N) is 1. The summed E-state index contributed by atoms with van der Waals surface area (Å²) in [4.78, 5) is 14.2. The van der Waals surface area contributed by atoms with Crippen LogP contribution in [0.3, 0.4) is 0 Å². The van der Waals surface area contributed by atoms with Gasteiger partial charge in [-0.25, -0.2) is 0 Å². The number of aryl methyl sites for hydroxylation is 1. The third-order valence-corrected chi connectivity index (χ3v) is 5.00. The molecule has 0 atom stereocenters. The Labute approximate surface area is 142 Å². The summed E-state index contributed by atoms with van der Waals surface area (Å²) in [6, 6.07) is 3.94. The van der Waals surface area contributed by atoms with E-state index in [4.69, 9.17) is 0 Å². The molecule has 0 bridgehead atoms. The van der Waals surface area contributed by atoms with Gasteiger partial charge >= 0.3 is 0 Å². The average molecular weight is 420 g/mol. The van der Waals surface area contributed by atoms with Crippen molar-refractivity contribution >= 4 is 43.5 Å². The van der Waals surface area contributed by atoms with Crippen molar-refractivity contribution in [1.82, 2.24) is 4.90 Å². The van der Waals surface area contributed by atoms with Gasteiger partial charge in [-0.2, -0.15) is 0 Å². The van der Waals surface area contributed by atoms with Crippen molar-refractivity contribution in [2.45, 2.75) is 32.3 Å². The number of amides is 1. The van der Waals surface area contributed by atoms with Crippen molar-refractivity contribution in [3.63, 3.8) is 0 Å². The van der Waals surface area contributed by atoms with Gasteiger partial charge in [-0.3, -0.25) is 9.69 Å². The van der Waals surface area contributed by atoms with E-state index in [1.54, 1.807) is 0 Å². The number of benzene rings is 1. The van der Waals surface area contributed by atoms with Crippen LogP contribution in [0.5, 0.6) is 0 Å². The fourth-order valence-corrected chi connectivity index (χ4v) is 4.01. The minimum absolute atomic E-state index is 0.0400. The topological polar surface area (TPSA) is 52.6 Å². The van der Waals surface area contributed by atoms with Crippen LogP contribution >= 0.6 is 31.9 Å². The number of hydrogen-bond donors (Lipinski definition) is 2. The summed E-state index contributed by atoms with van der Waals surface area (Å²) in [5, 5.41) is 12.9. The van der Waals surface area contributed by atoms with Crippen LogP contribution in [0.2, 0.25) is 0 Å². The van der Waals surface area contributed by atoms with Crippen molar-refractivity contribution in [2.24, 2.45) is 0 Å². The molecule has 1 aromatic rings. The number of halogens is 2. The molecule has 0 unspecified atom stereocenters. The maximum Gasteiger partial charge on any atom is 0.238 e. The van der Waals surface area contributed by atoms with Gasteiger partial charge in [0.2, 0.25) is 5.91 Å². The van der Waals surface area contributed by atoms with Gasteiger partial charge in [-0.15, -0.1) is 0 Å². The second-order valence-electron chi connectivity index (χ2n) is 5.92. The lowest BCUT2D eigenvalue weighted by atomic mass is 9.94. The molecule has 1 amide bonds. The SMILES string of the molecule is Cc1cc(Br)c(NC(=O)CN2CCC(C)(O)CC2)c(Br)c1. The highest BCUT2D eigenvalue weighted by Crippen LogP contribution is 2.32. The molecule has 0 aromatic heterocycles. The van der Waals surface area contributed by atoms with E-state index < -0.39 is 5.60 Å². The van der Waals surface area contributed by atoms with Crippen molar-refractivity contribution in [1.29, 1.82) is 0 Å². The smallest absolute Gasteiger partial charge is 0.238 e. The molecule has 6 heteroatoms. The molecule has 2 N–H and O–H groups in total. The Morgan fingerprint density at radius 1 is 1.33 bits per heavy atom. The van der Waals surface area contributed by atoms with E-state index in [-0.39, 0.29) is 5.91 Å². The van der Waals surface area contributed by atoms with Gasteiger partial charge in [0.1, 0.15) is 0 Å². The van der Waals surface area contributed by atoms with Gasteiger partial charge in [0.15, 0.2) is 0 Å². The molecule has 4 nitrogen and oxygen atoms in total. The monoisotopic (exact) mass is 418 g/mol. The molecule has 1 heterocycles. The number of anilines is 1. The van der Waals surface area contributed by atoms with E-state index in [1.807, 2.05) is 26.0 Å². The molecule has 1 aromatic carbocycles. The average Bonchev–Trinajstić information content (AvgIpc) is 2.36. The summed E-state index contributed by atoms with van der Waals surface area (Å²) < 4.78 is 1.73. The number of nitrogens with one attached hydrogen (secondary N) is 1. The molecule has 0 saturated carbocycles. The molecule has 2 rings (SSSR count). The van der Waals surface area contributed by atoms with E-state index in [1.165, 1.54) is 0 Å². The van der Waals surface area contributed by atoms with Crippen molar-refractivity contribution in [3.05, 3.63) is 26.6 Å². The first-order valence-corrected chi connectivity index (χ1v) is 8.56. The highest BCUT2D eigenvalue weighted by molar-refractivity contribution is 9.11. The molecule has 0 spiro atoms. The largest absolute Gasteiger partial charge is 0.390 e. The zero-order valence-corrected chi connectivity index (χ0v) is 15.4. The lowest BCUT2D eigenvalue weighted by Gasteiger charge is -2.35. The minimum Gasteiger partial charge on any atom is -0.390 e. The van der Waals surface area contributed by atoms with Crippen molar-refractivity contribution < 1.29 is 9.90 Å². The van der Waals surface area contributed by atoms with Crippen LogP contribution in [0.1, 0.15) is 25.3 Å². The van der Waals surface area contributed by atoms with Crippen LogP contribution in [-0.4, -0.2) is 41.1 Å². The van der Waals surface area contributed by atoms with E-state index in [0.717, 1.165) is 33.3 Å². The first-order chi connectivity index (χ1) is 9.77. The second kappa shape index (κ2) is 6.77. The minimum atomic E-state index is -0.587. The van der Waals surface area contributed by atoms with E-state index in [0.29, 0.717) is 19.4 Å². The fraction of sp³-hybridized carbons (Fsp3) is 0.533. The molecule has 1 aliphatic heterocycles. The zero-order valence-electron chi connectivity index (χ0n) is 12.2. The van der Waals surface area contributed by atoms with Crippen LogP contribution in [0.15, 0.2) is 21.1 Å². The third kappa shape index (κ3) is 4.77. The van der Waals surface area contributed by atoms with Gasteiger partial charge in [0.05, 0.1) is 17.8 Å². The Bertz CT molecular complexity index is 513. The van der Waals surface area contributed by atoms with Gasteiger partial charge in [0.25, 0.3) is 0 Å². The first-order valence-electron chi connectivity index (χ1n) is 6.97. The summed E-state index contributed by atoms with van der Waals surface area (Å²) in [7, 11) is 0. The van der Waals surface area contributed by atoms with E-state index in [2.05, 4.69) is 42.1 Å². The maximum absolute atomic E-state index is 12.2. The molecule has 0 aliphatic carbocycles. The zero-order chi connectivity index (χ0) is 15.6. The van der Waals surface area contributed by atoms with Crippen molar-refractivity contribution in [3.8, 4) is 0 Å². The Kier molecular flexibility index (Phi) is 5.46. The Morgan fingerprint density at radius 2 is 1.86 bits per heavy atom. The summed E-state index contributed by atoms with van der Waals surface area (Å²) in [5.41, 5.74) is 1.29. The highest BCUT2D eigenvalue weighted by Gasteiger charge is 2.28. The predicted molar refractivity (Wildman–Crippen MR) is 91.5 cm³/mol. The standard InChI is InChI=1S/C15H20Br2N2O2/c1-10-7-11(16)14(12(17)8-10)18-13(20)9-19-5-3-15(2,21)4-6-19/h7-8,21H,3-6,9H2,1-2H3,(H,18,20). The molecule has 21 heavy (non-hydrogen) atoms. The quantitative estimate of drug-likeness (QED) is 0.790. The number of rotatable bonds is 3. The van der Waals surface area contributed by atoms with Crippen LogP contribution in [-0.2, 0) is 4.79 Å². The summed E-state index contributed by atoms with van der Waals surface area (Å²) in [6.45, 7) is 5.70. The number of aliphatic hydroxyl groups is 1. The predicted octanol–water partition coefficient (Wildman–Crippen LogP) is 3.31. The molecule has 1 aliphatic rings. The Morgan fingerprint density at radius 3 is 2.38 bits per heavy atom. The first kappa shape index (κ1) is 16.9. The lowest BCUT2D eigenvalue weighted by molar-refractivity contribution is -0.118. The van der Waals surface area contributed by atoms with Crippen LogP contribution in [0, 0.1) is 6.92 Å². The molecule has 1 fully saturated rings. The van der Waals surface area contributed by atoms with E-state index in [9.17, 15) is 9.90 Å². The van der Waals surface area contributed by atoms with Gasteiger partial charge in [-0.1, -0.05) is 0 Å². The molecule has 1 saturated heterocycles. The number of carbonyl (C=O) groups is 1. The third-order valence-electron chi connectivity index (χ3n) is 3.75. The van der Waals surface area contributed by atoms with Crippen LogP contribution in [0.25, 0.3) is 0 Å². The molecular formula is C15H20Br2N2O2. The summed E-state index contributed by atoms with van der Waals surface area (Å²) in [6.07, 6.45) is 1.41. The van der Waals surface area contributed by atoms with Gasteiger partial charge in [0, 0.05) is 22.0 Å². The summed E-state index contributed by atoms with van der Waals surface area (Å²) >= 11 is 6.95.